The highest BCUT2D eigenvalue weighted by Crippen LogP contribution is 2.38. The SMILES string of the molecule is Cc1ccnc(Oc2c(Cl)cccc2[N+](=O)[O-])c1C#N. The minimum Gasteiger partial charge on any atom is -0.429 e. The minimum atomic E-state index is -0.608. The second-order valence-corrected chi connectivity index (χ2v) is 4.27. The number of rotatable bonds is 3. The smallest absolute Gasteiger partial charge is 0.313 e. The number of hydrogen-bond acceptors (Lipinski definition) is 5. The second kappa shape index (κ2) is 5.55. The first kappa shape index (κ1) is 13.8. The summed E-state index contributed by atoms with van der Waals surface area (Å²) in [6, 6.07) is 7.77. The van der Waals surface area contributed by atoms with E-state index in [1.54, 1.807) is 13.0 Å². The number of ether oxygens (including phenoxy) is 1. The van der Waals surface area contributed by atoms with Crippen molar-refractivity contribution >= 4 is 17.3 Å². The van der Waals surface area contributed by atoms with Crippen LogP contribution in [0.25, 0.3) is 0 Å². The van der Waals surface area contributed by atoms with Crippen LogP contribution in [-0.2, 0) is 0 Å². The topological polar surface area (TPSA) is 89.1 Å². The molecule has 0 saturated heterocycles. The molecular weight excluding hydrogens is 282 g/mol. The van der Waals surface area contributed by atoms with Crippen LogP contribution in [0, 0.1) is 28.4 Å². The van der Waals surface area contributed by atoms with Gasteiger partial charge in [-0.2, -0.15) is 5.26 Å². The highest BCUT2D eigenvalue weighted by Gasteiger charge is 2.21. The van der Waals surface area contributed by atoms with Gasteiger partial charge in [0.25, 0.3) is 0 Å². The number of pyridine rings is 1. The van der Waals surface area contributed by atoms with Gasteiger partial charge in [-0.15, -0.1) is 0 Å². The van der Waals surface area contributed by atoms with E-state index in [2.05, 4.69) is 4.98 Å². The van der Waals surface area contributed by atoms with Crippen LogP contribution in [-0.4, -0.2) is 9.91 Å². The van der Waals surface area contributed by atoms with Crippen molar-refractivity contribution in [1.82, 2.24) is 4.98 Å². The summed E-state index contributed by atoms with van der Waals surface area (Å²) >= 11 is 5.92. The van der Waals surface area contributed by atoms with Crippen molar-refractivity contribution in [3.63, 3.8) is 0 Å². The molecule has 100 valence electrons. The molecule has 0 amide bonds. The number of nitriles is 1. The van der Waals surface area contributed by atoms with Crippen molar-refractivity contribution in [2.45, 2.75) is 6.92 Å². The third-order valence-electron chi connectivity index (χ3n) is 2.58. The van der Waals surface area contributed by atoms with Gasteiger partial charge >= 0.3 is 5.69 Å². The lowest BCUT2D eigenvalue weighted by atomic mass is 10.2. The highest BCUT2D eigenvalue weighted by molar-refractivity contribution is 6.32. The average Bonchev–Trinajstić information content (AvgIpc) is 2.41. The summed E-state index contributed by atoms with van der Waals surface area (Å²) < 4.78 is 5.40. The lowest BCUT2D eigenvalue weighted by Gasteiger charge is -2.09. The van der Waals surface area contributed by atoms with E-state index in [1.165, 1.54) is 24.4 Å². The first-order chi connectivity index (χ1) is 9.54. The van der Waals surface area contributed by atoms with E-state index in [0.29, 0.717) is 5.56 Å². The molecule has 1 aromatic carbocycles. The number of halogens is 1. The van der Waals surface area contributed by atoms with E-state index in [9.17, 15) is 10.1 Å². The van der Waals surface area contributed by atoms with Gasteiger partial charge in [0.15, 0.2) is 0 Å². The van der Waals surface area contributed by atoms with Crippen molar-refractivity contribution in [3.05, 3.63) is 56.7 Å². The van der Waals surface area contributed by atoms with Crippen LogP contribution in [0.5, 0.6) is 11.6 Å². The Hall–Kier alpha value is -2.65. The Morgan fingerprint density at radius 1 is 1.45 bits per heavy atom. The predicted molar refractivity (Wildman–Crippen MR) is 71.9 cm³/mol. The maximum absolute atomic E-state index is 11.0. The van der Waals surface area contributed by atoms with E-state index in [0.717, 1.165) is 0 Å². The molecule has 0 aliphatic rings. The summed E-state index contributed by atoms with van der Waals surface area (Å²) in [5.41, 5.74) is 0.582. The molecule has 0 radical (unpaired) electrons. The Bertz CT molecular complexity index is 725. The highest BCUT2D eigenvalue weighted by atomic mass is 35.5. The molecule has 0 aliphatic heterocycles. The largest absolute Gasteiger partial charge is 0.429 e. The maximum atomic E-state index is 11.0. The van der Waals surface area contributed by atoms with Gasteiger partial charge in [-0.05, 0) is 24.6 Å². The summed E-state index contributed by atoms with van der Waals surface area (Å²) in [4.78, 5) is 14.3. The number of aromatic nitrogens is 1. The molecule has 0 aliphatic carbocycles. The predicted octanol–water partition coefficient (Wildman–Crippen LogP) is 3.62. The van der Waals surface area contributed by atoms with Gasteiger partial charge in [-0.25, -0.2) is 4.98 Å². The van der Waals surface area contributed by atoms with Crippen molar-refractivity contribution in [3.8, 4) is 17.7 Å². The number of nitro groups is 1. The van der Waals surface area contributed by atoms with E-state index in [1.807, 2.05) is 6.07 Å². The second-order valence-electron chi connectivity index (χ2n) is 3.87. The third-order valence-corrected chi connectivity index (χ3v) is 2.88. The zero-order chi connectivity index (χ0) is 14.7. The minimum absolute atomic E-state index is 0.0105. The van der Waals surface area contributed by atoms with Crippen molar-refractivity contribution in [1.29, 1.82) is 5.26 Å². The summed E-state index contributed by atoms with van der Waals surface area (Å²) in [5, 5.41) is 20.1. The van der Waals surface area contributed by atoms with Crippen molar-refractivity contribution < 1.29 is 9.66 Å². The molecule has 0 bridgehead atoms. The lowest BCUT2D eigenvalue weighted by Crippen LogP contribution is -1.98. The van der Waals surface area contributed by atoms with E-state index in [4.69, 9.17) is 21.6 Å². The van der Waals surface area contributed by atoms with E-state index >= 15 is 0 Å². The molecule has 0 unspecified atom stereocenters. The number of nitro benzene ring substituents is 1. The van der Waals surface area contributed by atoms with Crippen molar-refractivity contribution in [2.24, 2.45) is 0 Å². The van der Waals surface area contributed by atoms with Gasteiger partial charge in [-0.3, -0.25) is 10.1 Å². The molecular formula is C13H8ClN3O3. The molecule has 0 fully saturated rings. The molecule has 0 N–H and O–H groups in total. The number of aryl methyl sites for hydroxylation is 1. The number of hydrogen-bond donors (Lipinski definition) is 0. The quantitative estimate of drug-likeness (QED) is 0.636. The Kier molecular flexibility index (Phi) is 3.82. The van der Waals surface area contributed by atoms with Crippen LogP contribution in [0.3, 0.4) is 0 Å². The summed E-state index contributed by atoms with van der Waals surface area (Å²) in [5.74, 6) is -0.141. The molecule has 0 atom stereocenters. The Labute approximate surface area is 119 Å². The van der Waals surface area contributed by atoms with Crippen LogP contribution in [0.1, 0.15) is 11.1 Å². The van der Waals surface area contributed by atoms with Crippen LogP contribution < -0.4 is 4.74 Å². The number of benzene rings is 1. The summed E-state index contributed by atoms with van der Waals surface area (Å²) in [7, 11) is 0. The molecule has 2 aromatic rings. The molecule has 1 aromatic heterocycles. The summed E-state index contributed by atoms with van der Waals surface area (Å²) in [6.45, 7) is 1.72. The monoisotopic (exact) mass is 289 g/mol. The van der Waals surface area contributed by atoms with E-state index < -0.39 is 4.92 Å². The fourth-order valence-electron chi connectivity index (χ4n) is 1.59. The molecule has 2 rings (SSSR count). The van der Waals surface area contributed by atoms with E-state index in [-0.39, 0.29) is 27.9 Å². The van der Waals surface area contributed by atoms with Crippen LogP contribution >= 0.6 is 11.6 Å². The normalized spacial score (nSPS) is 9.85. The first-order valence-electron chi connectivity index (χ1n) is 5.51. The van der Waals surface area contributed by atoms with Gasteiger partial charge in [0.2, 0.25) is 11.6 Å². The average molecular weight is 290 g/mol. The molecule has 1 heterocycles. The fourth-order valence-corrected chi connectivity index (χ4v) is 1.79. The lowest BCUT2D eigenvalue weighted by molar-refractivity contribution is -0.385. The van der Waals surface area contributed by atoms with Gasteiger partial charge in [-0.1, -0.05) is 17.7 Å². The standard InChI is InChI=1S/C13H8ClN3O3/c1-8-5-6-16-13(9(8)7-15)20-12-10(14)3-2-4-11(12)17(18)19/h2-6H,1H3. The Morgan fingerprint density at radius 3 is 2.85 bits per heavy atom. The van der Waals surface area contributed by atoms with Crippen molar-refractivity contribution in [2.75, 3.05) is 0 Å². The fraction of sp³-hybridized carbons (Fsp3) is 0.0769. The zero-order valence-electron chi connectivity index (χ0n) is 10.3. The van der Waals surface area contributed by atoms with Crippen LogP contribution in [0.15, 0.2) is 30.5 Å². The van der Waals surface area contributed by atoms with Gasteiger partial charge < -0.3 is 4.74 Å². The Morgan fingerprint density at radius 2 is 2.20 bits per heavy atom. The molecule has 6 nitrogen and oxygen atoms in total. The van der Waals surface area contributed by atoms with Gasteiger partial charge in [0.05, 0.1) is 9.95 Å². The van der Waals surface area contributed by atoms with Crippen LogP contribution in [0.2, 0.25) is 5.02 Å². The zero-order valence-corrected chi connectivity index (χ0v) is 11.1. The molecule has 20 heavy (non-hydrogen) atoms. The van der Waals surface area contributed by atoms with Gasteiger partial charge in [0.1, 0.15) is 11.6 Å². The number of para-hydroxylation sites is 1. The molecule has 7 heteroatoms. The Balaban J connectivity index is 2.54. The van der Waals surface area contributed by atoms with Gasteiger partial charge in [0, 0.05) is 12.3 Å². The first-order valence-corrected chi connectivity index (χ1v) is 5.89. The van der Waals surface area contributed by atoms with Crippen LogP contribution in [0.4, 0.5) is 5.69 Å². The number of nitrogens with zero attached hydrogens (tertiary/aromatic N) is 3. The molecule has 0 saturated carbocycles. The summed E-state index contributed by atoms with van der Waals surface area (Å²) in [6.07, 6.45) is 1.45. The maximum Gasteiger partial charge on any atom is 0.313 e. The molecule has 0 spiro atoms. The third kappa shape index (κ3) is 2.53.